The highest BCUT2D eigenvalue weighted by molar-refractivity contribution is 5.82. The number of piperazine rings is 1. The van der Waals surface area contributed by atoms with Gasteiger partial charge in [-0.2, -0.15) is 0 Å². The number of hydrogen-bond donors (Lipinski definition) is 3. The van der Waals surface area contributed by atoms with Crippen LogP contribution >= 0.6 is 0 Å². The zero-order chi connectivity index (χ0) is 25.7. The number of nitrogens with zero attached hydrogens (tertiary/aromatic N) is 4. The van der Waals surface area contributed by atoms with Crippen LogP contribution in [0.2, 0.25) is 0 Å². The lowest BCUT2D eigenvalue weighted by Gasteiger charge is -2.37. The Morgan fingerprint density at radius 3 is 2.14 bits per heavy atom. The number of hydrogen-bond acceptors (Lipinski definition) is 7. The van der Waals surface area contributed by atoms with Gasteiger partial charge in [0.2, 0.25) is 17.8 Å². The van der Waals surface area contributed by atoms with E-state index < -0.39 is 11.9 Å². The van der Waals surface area contributed by atoms with Crippen molar-refractivity contribution in [2.45, 2.75) is 26.8 Å². The van der Waals surface area contributed by atoms with Crippen LogP contribution in [-0.4, -0.2) is 58.9 Å². The van der Waals surface area contributed by atoms with Crippen LogP contribution in [0.5, 0.6) is 0 Å². The van der Waals surface area contributed by atoms with E-state index in [-0.39, 0.29) is 11.8 Å². The molecule has 0 radical (unpaired) electrons. The predicted octanol–water partition coefficient (Wildman–Crippen LogP) is 3.48. The number of benzene rings is 2. The zero-order valence-electron chi connectivity index (χ0n) is 20.9. The summed E-state index contributed by atoms with van der Waals surface area (Å²) >= 11 is 0. The molecule has 2 amide bonds. The maximum Gasteiger partial charge on any atom is 0.239 e. The van der Waals surface area contributed by atoms with E-state index in [0.29, 0.717) is 5.95 Å². The fourth-order valence-electron chi connectivity index (χ4n) is 4.07. The Labute approximate surface area is 211 Å². The van der Waals surface area contributed by atoms with Crippen LogP contribution in [-0.2, 0) is 9.59 Å². The molecule has 0 aliphatic carbocycles. The normalized spacial score (nSPS) is 14.4. The molecule has 0 unspecified atom stereocenters. The summed E-state index contributed by atoms with van der Waals surface area (Å²) in [5.41, 5.74) is 9.87. The molecule has 1 aliphatic heterocycles. The lowest BCUT2D eigenvalue weighted by Crippen LogP contribution is -2.49. The number of amides is 2. The first-order valence-corrected chi connectivity index (χ1v) is 12.2. The smallest absolute Gasteiger partial charge is 0.239 e. The highest BCUT2D eigenvalue weighted by atomic mass is 16.2. The van der Waals surface area contributed by atoms with Crippen LogP contribution in [0.1, 0.15) is 20.8 Å². The molecule has 36 heavy (non-hydrogen) atoms. The Morgan fingerprint density at radius 2 is 1.53 bits per heavy atom. The first kappa shape index (κ1) is 25.0. The average molecular weight is 488 g/mol. The van der Waals surface area contributed by atoms with Gasteiger partial charge in [-0.15, -0.1) is 0 Å². The van der Waals surface area contributed by atoms with Crippen LogP contribution in [0.4, 0.5) is 23.0 Å². The Balaban J connectivity index is 1.36. The minimum atomic E-state index is -0.448. The first-order chi connectivity index (χ1) is 17.3. The SMILES string of the molecule is CC(C)C(=O)N1CCN(c2ccc(Nc3nccc(-c4ccc(N[C@H](C)C(N)=O)cc4)n3)cc2)CC1. The Kier molecular flexibility index (Phi) is 7.68. The number of anilines is 4. The number of nitrogens with one attached hydrogen (secondary N) is 2. The first-order valence-electron chi connectivity index (χ1n) is 12.2. The van der Waals surface area contributed by atoms with Crippen molar-refractivity contribution in [2.24, 2.45) is 11.7 Å². The third kappa shape index (κ3) is 6.10. The molecule has 2 aromatic carbocycles. The molecular weight excluding hydrogens is 454 g/mol. The number of rotatable bonds is 8. The van der Waals surface area contributed by atoms with Gasteiger partial charge < -0.3 is 26.2 Å². The summed E-state index contributed by atoms with van der Waals surface area (Å²) in [6.45, 7) is 8.77. The Morgan fingerprint density at radius 1 is 0.889 bits per heavy atom. The molecule has 2 heterocycles. The van der Waals surface area contributed by atoms with Gasteiger partial charge >= 0.3 is 0 Å². The standard InChI is InChI=1S/C27H33N7O2/c1-18(2)26(36)34-16-14-33(15-17-34)23-10-8-22(9-11-23)31-27-29-13-12-24(32-27)20-4-6-21(7-5-20)30-19(3)25(28)35/h4-13,18-19,30H,14-17H2,1-3H3,(H2,28,35)(H,29,31,32)/t19-/m1/s1. The second-order valence-corrected chi connectivity index (χ2v) is 9.25. The van der Waals surface area contributed by atoms with Gasteiger partial charge in [0.25, 0.3) is 0 Å². The molecule has 0 spiro atoms. The maximum absolute atomic E-state index is 12.2. The van der Waals surface area contributed by atoms with E-state index in [9.17, 15) is 9.59 Å². The number of nitrogens with two attached hydrogens (primary N) is 1. The minimum Gasteiger partial charge on any atom is -0.374 e. The molecule has 1 aliphatic rings. The van der Waals surface area contributed by atoms with Crippen molar-refractivity contribution in [1.82, 2.24) is 14.9 Å². The molecule has 1 fully saturated rings. The second-order valence-electron chi connectivity index (χ2n) is 9.25. The summed E-state index contributed by atoms with van der Waals surface area (Å²) in [5.74, 6) is 0.364. The molecular formula is C27H33N7O2. The summed E-state index contributed by atoms with van der Waals surface area (Å²) in [6, 6.07) is 17.2. The fraction of sp³-hybridized carbons (Fsp3) is 0.333. The quantitative estimate of drug-likeness (QED) is 0.445. The van der Waals surface area contributed by atoms with Gasteiger partial charge in [0.1, 0.15) is 6.04 Å². The van der Waals surface area contributed by atoms with Gasteiger partial charge in [-0.05, 0) is 49.4 Å². The van der Waals surface area contributed by atoms with Crippen molar-refractivity contribution < 1.29 is 9.59 Å². The molecule has 4 N–H and O–H groups in total. The minimum absolute atomic E-state index is 0.0381. The number of carbonyl (C=O) groups excluding carboxylic acids is 2. The van der Waals surface area contributed by atoms with Gasteiger partial charge in [-0.1, -0.05) is 26.0 Å². The topological polar surface area (TPSA) is 116 Å². The highest BCUT2D eigenvalue weighted by Gasteiger charge is 2.22. The summed E-state index contributed by atoms with van der Waals surface area (Å²) < 4.78 is 0. The second kappa shape index (κ2) is 11.1. The van der Waals surface area contributed by atoms with Crippen molar-refractivity contribution >= 4 is 34.8 Å². The van der Waals surface area contributed by atoms with Gasteiger partial charge in [0.15, 0.2) is 0 Å². The van der Waals surface area contributed by atoms with Crippen molar-refractivity contribution in [3.05, 3.63) is 60.8 Å². The Bertz CT molecular complexity index is 1190. The van der Waals surface area contributed by atoms with E-state index in [1.165, 1.54) is 0 Å². The van der Waals surface area contributed by atoms with Crippen molar-refractivity contribution in [1.29, 1.82) is 0 Å². The number of primary amides is 1. The third-order valence-corrected chi connectivity index (χ3v) is 6.22. The van der Waals surface area contributed by atoms with E-state index in [1.54, 1.807) is 13.1 Å². The molecule has 1 saturated heterocycles. The molecule has 1 aromatic heterocycles. The zero-order valence-corrected chi connectivity index (χ0v) is 20.9. The lowest BCUT2D eigenvalue weighted by atomic mass is 10.1. The molecule has 3 aromatic rings. The number of aromatic nitrogens is 2. The highest BCUT2D eigenvalue weighted by Crippen LogP contribution is 2.24. The van der Waals surface area contributed by atoms with E-state index in [1.807, 2.05) is 61.2 Å². The molecule has 0 saturated carbocycles. The van der Waals surface area contributed by atoms with Crippen LogP contribution in [0.3, 0.4) is 0 Å². The van der Waals surface area contributed by atoms with Gasteiger partial charge in [0, 0.05) is 60.9 Å². The summed E-state index contributed by atoms with van der Waals surface area (Å²) in [6.07, 6.45) is 1.72. The van der Waals surface area contributed by atoms with Gasteiger partial charge in [-0.25, -0.2) is 9.97 Å². The summed E-state index contributed by atoms with van der Waals surface area (Å²) in [5, 5.41) is 6.33. The third-order valence-electron chi connectivity index (χ3n) is 6.22. The van der Waals surface area contributed by atoms with Crippen molar-refractivity contribution in [2.75, 3.05) is 41.7 Å². The van der Waals surface area contributed by atoms with Crippen molar-refractivity contribution in [3.8, 4) is 11.3 Å². The molecule has 1 atom stereocenters. The van der Waals surface area contributed by atoms with Gasteiger partial charge in [-0.3, -0.25) is 9.59 Å². The summed E-state index contributed by atoms with van der Waals surface area (Å²) in [7, 11) is 0. The van der Waals surface area contributed by atoms with E-state index in [2.05, 4.69) is 37.6 Å². The van der Waals surface area contributed by atoms with Crippen molar-refractivity contribution in [3.63, 3.8) is 0 Å². The fourth-order valence-corrected chi connectivity index (χ4v) is 4.07. The Hall–Kier alpha value is -4.14. The summed E-state index contributed by atoms with van der Waals surface area (Å²) in [4.78, 5) is 36.7. The predicted molar refractivity (Wildman–Crippen MR) is 143 cm³/mol. The van der Waals surface area contributed by atoms with Crippen LogP contribution in [0.25, 0.3) is 11.3 Å². The van der Waals surface area contributed by atoms with Crippen LogP contribution in [0.15, 0.2) is 60.8 Å². The largest absolute Gasteiger partial charge is 0.374 e. The molecule has 9 nitrogen and oxygen atoms in total. The number of carbonyl (C=O) groups is 2. The molecule has 9 heteroatoms. The van der Waals surface area contributed by atoms with Gasteiger partial charge in [0.05, 0.1) is 5.69 Å². The van der Waals surface area contributed by atoms with Crippen LogP contribution < -0.4 is 21.3 Å². The maximum atomic E-state index is 12.2. The van der Waals surface area contributed by atoms with E-state index in [4.69, 9.17) is 5.73 Å². The molecule has 4 rings (SSSR count). The lowest BCUT2D eigenvalue weighted by molar-refractivity contribution is -0.134. The van der Waals surface area contributed by atoms with E-state index in [0.717, 1.165) is 54.5 Å². The van der Waals surface area contributed by atoms with Crippen LogP contribution in [0, 0.1) is 5.92 Å². The van der Waals surface area contributed by atoms with E-state index >= 15 is 0 Å². The molecule has 188 valence electrons. The molecule has 0 bridgehead atoms. The average Bonchev–Trinajstić information content (AvgIpc) is 2.89. The monoisotopic (exact) mass is 487 g/mol.